The summed E-state index contributed by atoms with van der Waals surface area (Å²) in [6.45, 7) is 0.261. The number of nitrogens with one attached hydrogen (secondary N) is 1. The topological polar surface area (TPSA) is 125 Å². The molecular formula is C19H18N6O4. The molecule has 1 N–H and O–H groups in total. The SMILES string of the molecule is O=C(NCCn1nc(-c2cccnc2)n(C2CC2)c1=O)c1ccccc1[N+](=O)[O-]. The average molecular weight is 394 g/mol. The zero-order valence-electron chi connectivity index (χ0n) is 15.4. The molecule has 0 radical (unpaired) electrons. The first-order valence-corrected chi connectivity index (χ1v) is 9.17. The van der Waals surface area contributed by atoms with E-state index in [1.165, 1.54) is 22.9 Å². The summed E-state index contributed by atoms with van der Waals surface area (Å²) in [7, 11) is 0. The summed E-state index contributed by atoms with van der Waals surface area (Å²) < 4.78 is 2.97. The number of aromatic nitrogens is 4. The molecule has 2 aromatic heterocycles. The molecule has 0 saturated heterocycles. The molecule has 1 aliphatic rings. The van der Waals surface area contributed by atoms with Gasteiger partial charge in [-0.2, -0.15) is 0 Å². The third-order valence-corrected chi connectivity index (χ3v) is 4.66. The minimum Gasteiger partial charge on any atom is -0.350 e. The first kappa shape index (κ1) is 18.5. The van der Waals surface area contributed by atoms with E-state index in [1.807, 2.05) is 6.07 Å². The fourth-order valence-corrected chi connectivity index (χ4v) is 3.12. The number of nitro groups is 1. The summed E-state index contributed by atoms with van der Waals surface area (Å²) in [5, 5.41) is 18.1. The van der Waals surface area contributed by atoms with Crippen molar-refractivity contribution >= 4 is 11.6 Å². The Morgan fingerprint density at radius 2 is 2.03 bits per heavy atom. The molecule has 148 valence electrons. The number of benzene rings is 1. The Labute approximate surface area is 165 Å². The lowest BCUT2D eigenvalue weighted by Crippen LogP contribution is -2.32. The average Bonchev–Trinajstić information content (AvgIpc) is 3.52. The molecule has 29 heavy (non-hydrogen) atoms. The van der Waals surface area contributed by atoms with E-state index in [4.69, 9.17) is 0 Å². The van der Waals surface area contributed by atoms with Gasteiger partial charge in [0, 0.05) is 36.6 Å². The van der Waals surface area contributed by atoms with Crippen LogP contribution in [0.2, 0.25) is 0 Å². The van der Waals surface area contributed by atoms with E-state index < -0.39 is 10.8 Å². The Morgan fingerprint density at radius 3 is 2.72 bits per heavy atom. The maximum Gasteiger partial charge on any atom is 0.346 e. The van der Waals surface area contributed by atoms with Gasteiger partial charge in [-0.15, -0.1) is 5.10 Å². The van der Waals surface area contributed by atoms with E-state index in [2.05, 4.69) is 15.4 Å². The summed E-state index contributed by atoms with van der Waals surface area (Å²) >= 11 is 0. The number of para-hydroxylation sites is 1. The first-order chi connectivity index (χ1) is 14.1. The molecule has 0 bridgehead atoms. The van der Waals surface area contributed by atoms with Gasteiger partial charge in [-0.05, 0) is 31.0 Å². The number of amides is 1. The zero-order valence-corrected chi connectivity index (χ0v) is 15.4. The maximum absolute atomic E-state index is 12.8. The minimum atomic E-state index is -0.600. The van der Waals surface area contributed by atoms with Crippen LogP contribution in [0.4, 0.5) is 5.69 Å². The molecule has 0 atom stereocenters. The van der Waals surface area contributed by atoms with Crippen LogP contribution in [0.3, 0.4) is 0 Å². The van der Waals surface area contributed by atoms with Crippen LogP contribution in [0, 0.1) is 10.1 Å². The van der Waals surface area contributed by atoms with Crippen molar-refractivity contribution in [2.45, 2.75) is 25.4 Å². The highest BCUT2D eigenvalue weighted by atomic mass is 16.6. The highest BCUT2D eigenvalue weighted by Crippen LogP contribution is 2.36. The van der Waals surface area contributed by atoms with Crippen LogP contribution < -0.4 is 11.0 Å². The first-order valence-electron chi connectivity index (χ1n) is 9.17. The zero-order chi connectivity index (χ0) is 20.4. The minimum absolute atomic E-state index is 0.0237. The summed E-state index contributed by atoms with van der Waals surface area (Å²) in [4.78, 5) is 39.7. The van der Waals surface area contributed by atoms with Crippen molar-refractivity contribution in [2.75, 3.05) is 6.54 Å². The monoisotopic (exact) mass is 394 g/mol. The molecule has 0 aliphatic heterocycles. The van der Waals surface area contributed by atoms with Crippen LogP contribution in [0.1, 0.15) is 29.2 Å². The predicted molar refractivity (Wildman–Crippen MR) is 103 cm³/mol. The standard InChI is InChI=1S/C19H18N6O4/c26-18(15-5-1-2-6-16(15)25(28)29)21-10-11-23-19(27)24(14-7-8-14)17(22-23)13-4-3-9-20-12-13/h1-6,9,12,14H,7-8,10-11H2,(H,21,26). The van der Waals surface area contributed by atoms with Crippen LogP contribution in [-0.4, -0.2) is 36.7 Å². The Bertz CT molecular complexity index is 1120. The molecule has 0 spiro atoms. The Morgan fingerprint density at radius 1 is 1.24 bits per heavy atom. The lowest BCUT2D eigenvalue weighted by atomic mass is 10.1. The van der Waals surface area contributed by atoms with Crippen LogP contribution in [0.25, 0.3) is 11.4 Å². The number of hydrogen-bond donors (Lipinski definition) is 1. The molecular weight excluding hydrogens is 376 g/mol. The summed E-state index contributed by atoms with van der Waals surface area (Å²) in [6, 6.07) is 9.48. The van der Waals surface area contributed by atoms with Gasteiger partial charge in [-0.25, -0.2) is 9.48 Å². The van der Waals surface area contributed by atoms with Crippen molar-refractivity contribution in [1.82, 2.24) is 24.6 Å². The highest BCUT2D eigenvalue weighted by molar-refractivity contribution is 5.98. The Hall–Kier alpha value is -3.82. The van der Waals surface area contributed by atoms with Gasteiger partial charge in [0.15, 0.2) is 5.82 Å². The fourth-order valence-electron chi connectivity index (χ4n) is 3.12. The molecule has 1 aromatic carbocycles. The number of rotatable bonds is 7. The molecule has 4 rings (SSSR count). The number of nitro benzene ring substituents is 1. The van der Waals surface area contributed by atoms with E-state index in [0.717, 1.165) is 18.4 Å². The number of pyridine rings is 1. The molecule has 2 heterocycles. The molecule has 1 aliphatic carbocycles. The largest absolute Gasteiger partial charge is 0.350 e. The van der Waals surface area contributed by atoms with Crippen LogP contribution in [-0.2, 0) is 6.54 Å². The van der Waals surface area contributed by atoms with Gasteiger partial charge in [0.2, 0.25) is 0 Å². The van der Waals surface area contributed by atoms with Gasteiger partial charge in [0.25, 0.3) is 11.6 Å². The second-order valence-electron chi connectivity index (χ2n) is 6.70. The maximum atomic E-state index is 12.8. The van der Waals surface area contributed by atoms with Crippen molar-refractivity contribution < 1.29 is 9.72 Å². The summed E-state index contributed by atoms with van der Waals surface area (Å²) in [6.07, 6.45) is 5.15. The van der Waals surface area contributed by atoms with Gasteiger partial charge in [0.1, 0.15) is 5.56 Å². The van der Waals surface area contributed by atoms with Crippen molar-refractivity contribution in [2.24, 2.45) is 0 Å². The smallest absolute Gasteiger partial charge is 0.346 e. The number of hydrogen-bond acceptors (Lipinski definition) is 6. The van der Waals surface area contributed by atoms with Crippen LogP contribution in [0.15, 0.2) is 53.6 Å². The van der Waals surface area contributed by atoms with Crippen molar-refractivity contribution in [3.63, 3.8) is 0 Å². The van der Waals surface area contributed by atoms with Crippen molar-refractivity contribution in [3.8, 4) is 11.4 Å². The van der Waals surface area contributed by atoms with Crippen molar-refractivity contribution in [1.29, 1.82) is 0 Å². The van der Waals surface area contributed by atoms with E-state index in [0.29, 0.717) is 5.82 Å². The third kappa shape index (κ3) is 3.77. The second-order valence-corrected chi connectivity index (χ2v) is 6.70. The van der Waals surface area contributed by atoms with E-state index >= 15 is 0 Å². The van der Waals surface area contributed by atoms with Gasteiger partial charge >= 0.3 is 5.69 Å². The number of carbonyl (C=O) groups is 1. The van der Waals surface area contributed by atoms with Gasteiger partial charge in [-0.3, -0.25) is 24.5 Å². The third-order valence-electron chi connectivity index (χ3n) is 4.66. The van der Waals surface area contributed by atoms with Gasteiger partial charge in [-0.1, -0.05) is 12.1 Å². The lowest BCUT2D eigenvalue weighted by molar-refractivity contribution is -0.385. The molecule has 10 nitrogen and oxygen atoms in total. The van der Waals surface area contributed by atoms with E-state index in [-0.39, 0.29) is 36.1 Å². The quantitative estimate of drug-likeness (QED) is 0.481. The van der Waals surface area contributed by atoms with E-state index in [1.54, 1.807) is 29.1 Å². The molecule has 1 fully saturated rings. The second kappa shape index (κ2) is 7.66. The Kier molecular flexibility index (Phi) is 4.90. The summed E-state index contributed by atoms with van der Waals surface area (Å²) in [5.41, 5.74) is 0.217. The number of carbonyl (C=O) groups excluding carboxylic acids is 1. The molecule has 1 saturated carbocycles. The highest BCUT2D eigenvalue weighted by Gasteiger charge is 2.30. The molecule has 1 amide bonds. The summed E-state index contributed by atoms with van der Waals surface area (Å²) in [5.74, 6) is -0.0184. The van der Waals surface area contributed by atoms with Crippen molar-refractivity contribution in [3.05, 3.63) is 75.0 Å². The lowest BCUT2D eigenvalue weighted by Gasteiger charge is -2.05. The molecule has 10 heteroatoms. The molecule has 3 aromatic rings. The normalized spacial score (nSPS) is 13.2. The number of nitrogens with zero attached hydrogens (tertiary/aromatic N) is 5. The predicted octanol–water partition coefficient (Wildman–Crippen LogP) is 1.78. The van der Waals surface area contributed by atoms with Crippen LogP contribution in [0.5, 0.6) is 0 Å². The van der Waals surface area contributed by atoms with Gasteiger partial charge < -0.3 is 5.32 Å². The Balaban J connectivity index is 1.50. The van der Waals surface area contributed by atoms with Crippen LogP contribution >= 0.6 is 0 Å². The fraction of sp³-hybridized carbons (Fsp3) is 0.263. The van der Waals surface area contributed by atoms with Gasteiger partial charge in [0.05, 0.1) is 11.5 Å². The van der Waals surface area contributed by atoms with E-state index in [9.17, 15) is 19.7 Å². The molecule has 0 unspecified atom stereocenters.